The fourth-order valence-electron chi connectivity index (χ4n) is 2.14. The molecule has 1 unspecified atom stereocenters. The number of amides is 2. The second-order valence-electron chi connectivity index (χ2n) is 5.35. The summed E-state index contributed by atoms with van der Waals surface area (Å²) < 4.78 is 0.993. The van der Waals surface area contributed by atoms with Gasteiger partial charge in [0.1, 0.15) is 11.6 Å². The molecule has 1 fully saturated rings. The number of nitrogens with one attached hydrogen (secondary N) is 1. The molecule has 0 saturated carbocycles. The van der Waals surface area contributed by atoms with Crippen molar-refractivity contribution in [3.63, 3.8) is 0 Å². The number of carbonyl (C=O) groups is 2. The van der Waals surface area contributed by atoms with Gasteiger partial charge in [-0.25, -0.2) is 0 Å². The monoisotopic (exact) mass is 324 g/mol. The van der Waals surface area contributed by atoms with Crippen LogP contribution in [0.1, 0.15) is 26.3 Å². The number of carbonyl (C=O) groups excluding carboxylic acids is 2. The van der Waals surface area contributed by atoms with E-state index in [1.165, 1.54) is 0 Å². The topological polar surface area (TPSA) is 49.4 Å². The quantitative estimate of drug-likeness (QED) is 0.905. The number of hydrogen-bond donors (Lipinski definition) is 1. The molecule has 0 spiro atoms. The molecule has 1 aromatic rings. The zero-order chi connectivity index (χ0) is 14.2. The standard InChI is InChI=1S/C14H17BrN2O2/c1-9-12(18)16-14(2,3)13(19)17(9)8-10-4-6-11(15)7-5-10/h4-7,9H,8H2,1-3H3,(H,16,18). The molecule has 2 amide bonds. The van der Waals surface area contributed by atoms with Crippen molar-refractivity contribution in [3.05, 3.63) is 34.3 Å². The third-order valence-electron chi connectivity index (χ3n) is 3.34. The highest BCUT2D eigenvalue weighted by Gasteiger charge is 2.43. The van der Waals surface area contributed by atoms with Gasteiger partial charge < -0.3 is 10.2 Å². The first kappa shape index (κ1) is 14.1. The zero-order valence-corrected chi connectivity index (χ0v) is 12.8. The molecule has 1 atom stereocenters. The molecule has 1 aromatic carbocycles. The maximum atomic E-state index is 12.4. The van der Waals surface area contributed by atoms with E-state index in [1.807, 2.05) is 24.3 Å². The van der Waals surface area contributed by atoms with Crippen molar-refractivity contribution >= 4 is 27.7 Å². The molecule has 1 aliphatic heterocycles. The lowest BCUT2D eigenvalue weighted by molar-refractivity contribution is -0.153. The van der Waals surface area contributed by atoms with E-state index in [0.29, 0.717) is 6.54 Å². The first-order chi connectivity index (χ1) is 8.81. The van der Waals surface area contributed by atoms with Crippen LogP contribution in [0.15, 0.2) is 28.7 Å². The summed E-state index contributed by atoms with van der Waals surface area (Å²) in [7, 11) is 0. The summed E-state index contributed by atoms with van der Waals surface area (Å²) in [5.74, 6) is -0.163. The molecule has 102 valence electrons. The molecule has 0 aromatic heterocycles. The number of nitrogens with zero attached hydrogens (tertiary/aromatic N) is 1. The molecular formula is C14H17BrN2O2. The van der Waals surface area contributed by atoms with Crippen LogP contribution in [0.3, 0.4) is 0 Å². The van der Waals surface area contributed by atoms with Crippen molar-refractivity contribution in [3.8, 4) is 0 Å². The predicted octanol–water partition coefficient (Wildman–Crippen LogP) is 2.07. The fourth-order valence-corrected chi connectivity index (χ4v) is 2.40. The third-order valence-corrected chi connectivity index (χ3v) is 3.87. The summed E-state index contributed by atoms with van der Waals surface area (Å²) in [6.07, 6.45) is 0. The SMILES string of the molecule is CC1C(=O)NC(C)(C)C(=O)N1Cc1ccc(Br)cc1. The van der Waals surface area contributed by atoms with E-state index >= 15 is 0 Å². The second-order valence-corrected chi connectivity index (χ2v) is 6.27. The average Bonchev–Trinajstić information content (AvgIpc) is 2.34. The molecule has 4 nitrogen and oxygen atoms in total. The van der Waals surface area contributed by atoms with Crippen molar-refractivity contribution in [2.24, 2.45) is 0 Å². The Morgan fingerprint density at radius 3 is 2.42 bits per heavy atom. The van der Waals surface area contributed by atoms with Crippen LogP contribution in [0, 0.1) is 0 Å². The van der Waals surface area contributed by atoms with E-state index in [9.17, 15) is 9.59 Å². The summed E-state index contributed by atoms with van der Waals surface area (Å²) >= 11 is 3.38. The van der Waals surface area contributed by atoms with E-state index in [4.69, 9.17) is 0 Å². The fraction of sp³-hybridized carbons (Fsp3) is 0.429. The van der Waals surface area contributed by atoms with Gasteiger partial charge in [-0.05, 0) is 38.5 Å². The van der Waals surface area contributed by atoms with E-state index in [2.05, 4.69) is 21.2 Å². The van der Waals surface area contributed by atoms with E-state index < -0.39 is 11.6 Å². The number of hydrogen-bond acceptors (Lipinski definition) is 2. The van der Waals surface area contributed by atoms with Crippen LogP contribution in [0.2, 0.25) is 0 Å². The first-order valence-corrected chi connectivity index (χ1v) is 6.98. The predicted molar refractivity (Wildman–Crippen MR) is 76.4 cm³/mol. The molecule has 1 aliphatic rings. The van der Waals surface area contributed by atoms with Crippen LogP contribution in [0.25, 0.3) is 0 Å². The molecule has 0 aliphatic carbocycles. The molecule has 0 bridgehead atoms. The molecule has 5 heteroatoms. The summed E-state index contributed by atoms with van der Waals surface area (Å²) in [6.45, 7) is 5.66. The Bertz CT molecular complexity index is 511. The first-order valence-electron chi connectivity index (χ1n) is 6.19. The third kappa shape index (κ3) is 2.81. The Balaban J connectivity index is 2.23. The van der Waals surface area contributed by atoms with Crippen molar-refractivity contribution in [2.75, 3.05) is 0 Å². The molecule has 1 N–H and O–H groups in total. The van der Waals surface area contributed by atoms with Gasteiger partial charge in [-0.3, -0.25) is 9.59 Å². The van der Waals surface area contributed by atoms with Crippen molar-refractivity contribution in [2.45, 2.75) is 38.9 Å². The second kappa shape index (κ2) is 4.96. The van der Waals surface area contributed by atoms with Gasteiger partial charge in [0.05, 0.1) is 0 Å². The van der Waals surface area contributed by atoms with Crippen LogP contribution < -0.4 is 5.32 Å². The van der Waals surface area contributed by atoms with Crippen LogP contribution in [-0.2, 0) is 16.1 Å². The number of halogens is 1. The van der Waals surface area contributed by atoms with Gasteiger partial charge in [0.2, 0.25) is 11.8 Å². The molecule has 2 rings (SSSR count). The number of benzene rings is 1. The largest absolute Gasteiger partial charge is 0.340 e. The Labute approximate surface area is 121 Å². The lowest BCUT2D eigenvalue weighted by Gasteiger charge is -2.41. The maximum absolute atomic E-state index is 12.4. The van der Waals surface area contributed by atoms with Gasteiger partial charge in [-0.15, -0.1) is 0 Å². The van der Waals surface area contributed by atoms with Crippen molar-refractivity contribution < 1.29 is 9.59 Å². The lowest BCUT2D eigenvalue weighted by atomic mass is 9.97. The summed E-state index contributed by atoms with van der Waals surface area (Å²) in [5.41, 5.74) is 0.174. The van der Waals surface area contributed by atoms with Gasteiger partial charge in [0.15, 0.2) is 0 Å². The molecule has 19 heavy (non-hydrogen) atoms. The molecule has 0 radical (unpaired) electrons. The minimum atomic E-state index is -0.834. The summed E-state index contributed by atoms with van der Waals surface area (Å²) in [4.78, 5) is 25.9. The van der Waals surface area contributed by atoms with Crippen molar-refractivity contribution in [1.29, 1.82) is 0 Å². The lowest BCUT2D eigenvalue weighted by Crippen LogP contribution is -2.66. The highest BCUT2D eigenvalue weighted by Crippen LogP contribution is 2.21. The van der Waals surface area contributed by atoms with Gasteiger partial charge in [-0.1, -0.05) is 28.1 Å². The van der Waals surface area contributed by atoms with Crippen LogP contribution >= 0.6 is 15.9 Å². The van der Waals surface area contributed by atoms with E-state index in [1.54, 1.807) is 25.7 Å². The summed E-state index contributed by atoms with van der Waals surface area (Å²) in [6, 6.07) is 7.32. The summed E-state index contributed by atoms with van der Waals surface area (Å²) in [5, 5.41) is 2.74. The van der Waals surface area contributed by atoms with E-state index in [-0.39, 0.29) is 11.8 Å². The highest BCUT2D eigenvalue weighted by atomic mass is 79.9. The van der Waals surface area contributed by atoms with Gasteiger partial charge in [0.25, 0.3) is 0 Å². The smallest absolute Gasteiger partial charge is 0.248 e. The van der Waals surface area contributed by atoms with E-state index in [0.717, 1.165) is 10.0 Å². The highest BCUT2D eigenvalue weighted by molar-refractivity contribution is 9.10. The molecule has 1 heterocycles. The Morgan fingerprint density at radius 2 is 1.84 bits per heavy atom. The molecular weight excluding hydrogens is 308 g/mol. The number of rotatable bonds is 2. The van der Waals surface area contributed by atoms with Crippen molar-refractivity contribution in [1.82, 2.24) is 10.2 Å². The van der Waals surface area contributed by atoms with Gasteiger partial charge >= 0.3 is 0 Å². The normalized spacial score (nSPS) is 22.3. The maximum Gasteiger partial charge on any atom is 0.248 e. The van der Waals surface area contributed by atoms with Gasteiger partial charge in [0, 0.05) is 11.0 Å². The zero-order valence-electron chi connectivity index (χ0n) is 11.2. The average molecular weight is 325 g/mol. The Kier molecular flexibility index (Phi) is 3.67. The molecule has 1 saturated heterocycles. The van der Waals surface area contributed by atoms with Crippen LogP contribution in [-0.4, -0.2) is 28.3 Å². The van der Waals surface area contributed by atoms with Gasteiger partial charge in [-0.2, -0.15) is 0 Å². The minimum Gasteiger partial charge on any atom is -0.340 e. The minimum absolute atomic E-state index is 0.0532. The van der Waals surface area contributed by atoms with Crippen LogP contribution in [0.5, 0.6) is 0 Å². The number of piperazine rings is 1. The van der Waals surface area contributed by atoms with Crippen LogP contribution in [0.4, 0.5) is 0 Å². The Hall–Kier alpha value is -1.36. The Morgan fingerprint density at radius 1 is 1.26 bits per heavy atom.